The van der Waals surface area contributed by atoms with Crippen LogP contribution in [0.4, 0.5) is 0 Å². The number of hydrogen-bond donors (Lipinski definition) is 0. The van der Waals surface area contributed by atoms with Gasteiger partial charge in [-0.15, -0.1) is 0 Å². The van der Waals surface area contributed by atoms with Crippen molar-refractivity contribution < 1.29 is 6.85 Å². The zero-order valence-electron chi connectivity index (χ0n) is 26.5. The summed E-state index contributed by atoms with van der Waals surface area (Å²) in [5.41, 5.74) is 2.30. The Balaban J connectivity index is 1.22. The van der Waals surface area contributed by atoms with Gasteiger partial charge in [0.2, 0.25) is 5.28 Å². The van der Waals surface area contributed by atoms with E-state index in [9.17, 15) is 0 Å². The molecule has 192 valence electrons. The summed E-state index contributed by atoms with van der Waals surface area (Å²) in [6.45, 7) is 0. The van der Waals surface area contributed by atoms with E-state index in [2.05, 4.69) is 58.5 Å². The number of benzene rings is 7. The molecule has 8 aromatic rings. The molecule has 41 heavy (non-hydrogen) atoms. The number of rotatable bonds is 3. The van der Waals surface area contributed by atoms with Crippen LogP contribution < -0.4 is 0 Å². The lowest BCUT2D eigenvalue weighted by Crippen LogP contribution is -1.98. The molecule has 1 heterocycles. The number of nitrogens with zero attached hydrogens (tertiary/aromatic N) is 3. The van der Waals surface area contributed by atoms with Crippen molar-refractivity contribution in [2.24, 2.45) is 0 Å². The highest BCUT2D eigenvalue weighted by molar-refractivity contribution is 6.28. The number of halogens is 1. The first-order chi connectivity index (χ1) is 22.3. The Kier molecular flexibility index (Phi) is 4.42. The Morgan fingerprint density at radius 3 is 1.98 bits per heavy atom. The van der Waals surface area contributed by atoms with Crippen molar-refractivity contribution in [2.45, 2.75) is 0 Å². The fraction of sp³-hybridized carbons (Fsp3) is 0. The fourth-order valence-corrected chi connectivity index (χ4v) is 5.75. The predicted molar refractivity (Wildman–Crippen MR) is 171 cm³/mol. The molecule has 4 heteroatoms. The fourth-order valence-electron chi connectivity index (χ4n) is 5.59. The molecule has 8 rings (SSSR count). The summed E-state index contributed by atoms with van der Waals surface area (Å²) < 4.78 is 40.7. The molecule has 0 saturated heterocycles. The topological polar surface area (TPSA) is 38.7 Å². The summed E-state index contributed by atoms with van der Waals surface area (Å²) in [5.74, 6) is 0.896. The van der Waals surface area contributed by atoms with Crippen molar-refractivity contribution in [3.05, 3.63) is 139 Å². The molecule has 0 radical (unpaired) electrons. The third-order valence-electron chi connectivity index (χ3n) is 7.52. The lowest BCUT2D eigenvalue weighted by Gasteiger charge is -2.11. The summed E-state index contributed by atoms with van der Waals surface area (Å²) in [6, 6.07) is 32.6. The van der Waals surface area contributed by atoms with Gasteiger partial charge < -0.3 is 0 Å². The van der Waals surface area contributed by atoms with E-state index >= 15 is 0 Å². The van der Waals surface area contributed by atoms with Crippen molar-refractivity contribution in [1.82, 2.24) is 15.0 Å². The van der Waals surface area contributed by atoms with Crippen LogP contribution in [0.2, 0.25) is 5.28 Å². The molecule has 0 aliphatic carbocycles. The van der Waals surface area contributed by atoms with Gasteiger partial charge in [0.15, 0.2) is 11.6 Å². The van der Waals surface area contributed by atoms with E-state index in [1.165, 1.54) is 16.2 Å². The van der Waals surface area contributed by atoms with Gasteiger partial charge in [-0.2, -0.15) is 9.97 Å². The van der Waals surface area contributed by atoms with Crippen molar-refractivity contribution >= 4 is 54.7 Å². The zero-order valence-corrected chi connectivity index (χ0v) is 22.3. The van der Waals surface area contributed by atoms with E-state index in [1.54, 1.807) is 6.07 Å². The third kappa shape index (κ3) is 4.10. The average molecular weight is 549 g/mol. The van der Waals surface area contributed by atoms with Crippen LogP contribution in [0.5, 0.6) is 0 Å². The van der Waals surface area contributed by atoms with Gasteiger partial charge >= 0.3 is 0 Å². The van der Waals surface area contributed by atoms with Crippen LogP contribution in [0.25, 0.3) is 77.0 Å². The molecule has 0 atom stereocenters. The van der Waals surface area contributed by atoms with Crippen LogP contribution in [0, 0.1) is 0 Å². The molecule has 1 aromatic heterocycles. The van der Waals surface area contributed by atoms with Gasteiger partial charge in [-0.05, 0) is 78.0 Å². The normalized spacial score (nSPS) is 13.2. The van der Waals surface area contributed by atoms with Crippen LogP contribution in [-0.2, 0) is 0 Å². The summed E-state index contributed by atoms with van der Waals surface area (Å²) in [7, 11) is 0. The minimum Gasteiger partial charge on any atom is -0.208 e. The van der Waals surface area contributed by atoms with Crippen LogP contribution in [-0.4, -0.2) is 15.0 Å². The van der Waals surface area contributed by atoms with Crippen LogP contribution >= 0.6 is 11.6 Å². The van der Waals surface area contributed by atoms with Gasteiger partial charge in [-0.3, -0.25) is 0 Å². The molecule has 0 aliphatic rings. The van der Waals surface area contributed by atoms with E-state index < -0.39 is 6.04 Å². The molecule has 0 bridgehead atoms. The molecule has 0 aliphatic heterocycles. The second kappa shape index (κ2) is 9.51. The van der Waals surface area contributed by atoms with Gasteiger partial charge in [-0.25, -0.2) is 4.98 Å². The summed E-state index contributed by atoms with van der Waals surface area (Å²) >= 11 is 6.49. The van der Waals surface area contributed by atoms with E-state index in [0.29, 0.717) is 17.2 Å². The van der Waals surface area contributed by atoms with E-state index in [-0.39, 0.29) is 35.0 Å². The number of hydrogen-bond acceptors (Lipinski definition) is 3. The van der Waals surface area contributed by atoms with Crippen molar-refractivity contribution in [2.75, 3.05) is 0 Å². The molecule has 0 N–H and O–H groups in total. The van der Waals surface area contributed by atoms with Gasteiger partial charge in [0.05, 0.1) is 6.85 Å². The standard InChI is InChI=1S/C37H22ClN3/c38-37-40-35(28-16-15-26-21-25(13-14-27(26)22-28)23-7-2-1-3-8-23)39-36(41-37)34-12-6-11-30-32-18-17-24-9-4-5-10-29(24)31(32)19-20-33(30)34/h1-22H/i1D,2D,3D,7D,8D. The summed E-state index contributed by atoms with van der Waals surface area (Å²) in [6.07, 6.45) is 0. The number of fused-ring (bicyclic) bond motifs is 6. The Hall–Kier alpha value is -5.12. The van der Waals surface area contributed by atoms with E-state index in [4.69, 9.17) is 23.4 Å². The lowest BCUT2D eigenvalue weighted by atomic mass is 9.95. The molecule has 0 spiro atoms. The smallest absolute Gasteiger partial charge is 0.208 e. The van der Waals surface area contributed by atoms with Gasteiger partial charge in [0.25, 0.3) is 0 Å². The van der Waals surface area contributed by atoms with Crippen molar-refractivity contribution in [3.8, 4) is 33.9 Å². The number of aromatic nitrogens is 3. The zero-order chi connectivity index (χ0) is 31.7. The second-order valence-electron chi connectivity index (χ2n) is 9.88. The molecule has 0 saturated carbocycles. The second-order valence-corrected chi connectivity index (χ2v) is 10.2. The average Bonchev–Trinajstić information content (AvgIpc) is 3.08. The first-order valence-corrected chi connectivity index (χ1v) is 13.5. The minimum atomic E-state index is -0.412. The maximum Gasteiger partial charge on any atom is 0.226 e. The SMILES string of the molecule is [2H]c1c([2H])c([2H])c(-c2ccc3cc(-c4nc(Cl)nc(-c5cccc6c5ccc5c7ccccc7ccc65)n4)ccc3c2)c([2H])c1[2H]. The van der Waals surface area contributed by atoms with E-state index in [0.717, 1.165) is 38.1 Å². The van der Waals surface area contributed by atoms with Crippen LogP contribution in [0.15, 0.2) is 133 Å². The van der Waals surface area contributed by atoms with Gasteiger partial charge in [-0.1, -0.05) is 121 Å². The summed E-state index contributed by atoms with van der Waals surface area (Å²) in [5, 5.41) is 8.63. The minimum absolute atomic E-state index is 0.0837. The van der Waals surface area contributed by atoms with Crippen molar-refractivity contribution in [3.63, 3.8) is 0 Å². The molecular formula is C37H22ClN3. The Labute approximate surface area is 248 Å². The van der Waals surface area contributed by atoms with E-state index in [1.807, 2.05) is 48.5 Å². The Morgan fingerprint density at radius 2 is 1.10 bits per heavy atom. The van der Waals surface area contributed by atoms with Gasteiger partial charge in [0.1, 0.15) is 0 Å². The first-order valence-electron chi connectivity index (χ1n) is 15.6. The van der Waals surface area contributed by atoms with Crippen LogP contribution in [0.1, 0.15) is 6.85 Å². The molecule has 0 amide bonds. The molecule has 0 fully saturated rings. The first kappa shape index (κ1) is 19.0. The van der Waals surface area contributed by atoms with Gasteiger partial charge in [0, 0.05) is 11.1 Å². The quantitative estimate of drug-likeness (QED) is 0.206. The maximum atomic E-state index is 8.35. The molecule has 3 nitrogen and oxygen atoms in total. The molecular weight excluding hydrogens is 522 g/mol. The largest absolute Gasteiger partial charge is 0.226 e. The van der Waals surface area contributed by atoms with Crippen LogP contribution in [0.3, 0.4) is 0 Å². The third-order valence-corrected chi connectivity index (χ3v) is 7.69. The summed E-state index contributed by atoms with van der Waals surface area (Å²) in [4.78, 5) is 13.8. The Morgan fingerprint density at radius 1 is 0.463 bits per heavy atom. The van der Waals surface area contributed by atoms with Crippen molar-refractivity contribution in [1.29, 1.82) is 0 Å². The molecule has 0 unspecified atom stereocenters. The predicted octanol–water partition coefficient (Wildman–Crippen LogP) is 10.1. The lowest BCUT2D eigenvalue weighted by molar-refractivity contribution is 1.07. The highest BCUT2D eigenvalue weighted by Gasteiger charge is 2.14. The highest BCUT2D eigenvalue weighted by Crippen LogP contribution is 2.36. The highest BCUT2D eigenvalue weighted by atomic mass is 35.5. The molecule has 7 aromatic carbocycles. The monoisotopic (exact) mass is 548 g/mol. The maximum absolute atomic E-state index is 8.35. The Bertz CT molecular complexity index is 2540.